The van der Waals surface area contributed by atoms with Crippen molar-refractivity contribution in [2.45, 2.75) is 12.3 Å². The molecular formula is C32H28N2O8. The number of fused-ring (bicyclic) bond motifs is 2. The van der Waals surface area contributed by atoms with Crippen LogP contribution in [-0.2, 0) is 9.53 Å². The van der Waals surface area contributed by atoms with Gasteiger partial charge in [-0.1, -0.05) is 30.3 Å². The van der Waals surface area contributed by atoms with Gasteiger partial charge >= 0.3 is 0 Å². The summed E-state index contributed by atoms with van der Waals surface area (Å²) in [6.07, 6.45) is -0.217. The van der Waals surface area contributed by atoms with E-state index >= 15 is 0 Å². The number of amides is 1. The number of hydrogen-bond acceptors (Lipinski definition) is 8. The number of H-pyrrole nitrogens is 1. The number of pyridine rings is 1. The molecule has 1 saturated heterocycles. The molecule has 5 aromatic rings. The van der Waals surface area contributed by atoms with Crippen molar-refractivity contribution in [1.29, 1.82) is 0 Å². The molecule has 1 aliphatic rings. The van der Waals surface area contributed by atoms with E-state index < -0.39 is 28.4 Å². The summed E-state index contributed by atoms with van der Waals surface area (Å²) in [5.74, 6) is -1.44. The fourth-order valence-electron chi connectivity index (χ4n) is 5.47. The fraction of sp³-hybridized carbons (Fsp3) is 0.219. The van der Waals surface area contributed by atoms with Crippen LogP contribution in [0, 0.1) is 0 Å². The van der Waals surface area contributed by atoms with Gasteiger partial charge in [0.05, 0.1) is 20.3 Å². The lowest BCUT2D eigenvalue weighted by Gasteiger charge is -2.29. The van der Waals surface area contributed by atoms with E-state index in [2.05, 4.69) is 4.98 Å². The first-order valence-corrected chi connectivity index (χ1v) is 13.5. The largest absolute Gasteiger partial charge is 0.507 e. The molecule has 1 amide bonds. The van der Waals surface area contributed by atoms with Crippen molar-refractivity contribution < 1.29 is 28.9 Å². The Morgan fingerprint density at radius 3 is 2.50 bits per heavy atom. The Kier molecular flexibility index (Phi) is 7.13. The van der Waals surface area contributed by atoms with Gasteiger partial charge in [-0.25, -0.2) is 0 Å². The molecule has 1 atom stereocenters. The number of methoxy groups -OCH3 is 1. The molecule has 3 N–H and O–H groups in total. The van der Waals surface area contributed by atoms with Gasteiger partial charge < -0.3 is 34.0 Å². The van der Waals surface area contributed by atoms with Crippen LogP contribution in [-0.4, -0.2) is 59.4 Å². The quantitative estimate of drug-likeness (QED) is 0.278. The van der Waals surface area contributed by atoms with Crippen LogP contribution >= 0.6 is 0 Å². The number of hydrogen-bond donors (Lipinski definition) is 3. The molecule has 0 saturated carbocycles. The highest BCUT2D eigenvalue weighted by Gasteiger charge is 2.31. The number of ether oxygens (including phenoxy) is 2. The molecule has 0 aliphatic carbocycles. The zero-order chi connectivity index (χ0) is 29.4. The van der Waals surface area contributed by atoms with Gasteiger partial charge in [0.2, 0.25) is 5.91 Å². The highest BCUT2D eigenvalue weighted by molar-refractivity contribution is 5.91. The van der Waals surface area contributed by atoms with Gasteiger partial charge in [0.1, 0.15) is 34.0 Å². The molecule has 10 heteroatoms. The molecule has 0 spiro atoms. The lowest BCUT2D eigenvalue weighted by molar-refractivity contribution is -0.135. The number of carbonyl (C=O) groups is 1. The highest BCUT2D eigenvalue weighted by atomic mass is 16.5. The summed E-state index contributed by atoms with van der Waals surface area (Å²) in [5.41, 5.74) is 0.254. The van der Waals surface area contributed by atoms with E-state index in [1.165, 1.54) is 13.2 Å². The third-order valence-electron chi connectivity index (χ3n) is 7.60. The number of benzene rings is 3. The Balaban J connectivity index is 1.62. The number of aromatic amines is 1. The van der Waals surface area contributed by atoms with Crippen molar-refractivity contribution in [2.75, 3.05) is 33.4 Å². The second-order valence-corrected chi connectivity index (χ2v) is 10.1. The first-order chi connectivity index (χ1) is 20.3. The van der Waals surface area contributed by atoms with Crippen LogP contribution in [0.1, 0.15) is 23.5 Å². The zero-order valence-electron chi connectivity index (χ0n) is 22.8. The molecule has 0 bridgehead atoms. The van der Waals surface area contributed by atoms with Crippen LogP contribution in [0.15, 0.2) is 80.7 Å². The Bertz CT molecular complexity index is 1920. The number of nitrogens with one attached hydrogen (secondary N) is 1. The highest BCUT2D eigenvalue weighted by Crippen LogP contribution is 2.42. The monoisotopic (exact) mass is 568 g/mol. The molecule has 10 nitrogen and oxygen atoms in total. The SMILES string of the molecule is COc1ccc2[nH]c(=O)c(C(CC(=O)N3CCOCC3)c3c(O)cc(O)c4c(=O)cc(-c5ccccc5)oc34)cc2c1. The van der Waals surface area contributed by atoms with Crippen LogP contribution in [0.25, 0.3) is 33.2 Å². The normalized spacial score (nSPS) is 14.3. The Hall–Kier alpha value is -5.09. The second-order valence-electron chi connectivity index (χ2n) is 10.1. The van der Waals surface area contributed by atoms with Crippen molar-refractivity contribution >= 4 is 27.8 Å². The maximum Gasteiger partial charge on any atom is 0.252 e. The molecule has 1 fully saturated rings. The predicted octanol–water partition coefficient (Wildman–Crippen LogP) is 4.10. The van der Waals surface area contributed by atoms with E-state index in [1.54, 1.807) is 53.4 Å². The van der Waals surface area contributed by atoms with Crippen LogP contribution in [0.4, 0.5) is 0 Å². The van der Waals surface area contributed by atoms with E-state index in [9.17, 15) is 24.6 Å². The number of phenolic OH excluding ortho intramolecular Hbond substituents is 2. The van der Waals surface area contributed by atoms with Gasteiger partial charge in [-0.2, -0.15) is 0 Å². The number of aromatic hydroxyl groups is 2. The minimum atomic E-state index is -1.04. The van der Waals surface area contributed by atoms with E-state index in [1.807, 2.05) is 6.07 Å². The molecule has 42 heavy (non-hydrogen) atoms. The van der Waals surface area contributed by atoms with Gasteiger partial charge in [-0.3, -0.25) is 14.4 Å². The fourth-order valence-corrected chi connectivity index (χ4v) is 5.47. The minimum Gasteiger partial charge on any atom is -0.507 e. The summed E-state index contributed by atoms with van der Waals surface area (Å²) in [6, 6.07) is 18.0. The van der Waals surface area contributed by atoms with Crippen molar-refractivity contribution in [3.63, 3.8) is 0 Å². The average Bonchev–Trinajstić information content (AvgIpc) is 3.00. The number of phenols is 2. The van der Waals surface area contributed by atoms with E-state index in [-0.39, 0.29) is 40.2 Å². The van der Waals surface area contributed by atoms with Crippen molar-refractivity contribution in [2.24, 2.45) is 0 Å². The van der Waals surface area contributed by atoms with E-state index in [0.717, 1.165) is 6.07 Å². The van der Waals surface area contributed by atoms with Gasteiger partial charge in [0.25, 0.3) is 5.56 Å². The molecule has 2 aromatic heterocycles. The van der Waals surface area contributed by atoms with E-state index in [4.69, 9.17) is 13.9 Å². The summed E-state index contributed by atoms with van der Waals surface area (Å²) in [5, 5.41) is 22.5. The van der Waals surface area contributed by atoms with Crippen LogP contribution in [0.2, 0.25) is 0 Å². The summed E-state index contributed by atoms with van der Waals surface area (Å²) in [7, 11) is 1.53. The molecule has 3 aromatic carbocycles. The third-order valence-corrected chi connectivity index (χ3v) is 7.60. The standard InChI is InChI=1S/C32H28N2O8/c1-40-20-7-8-23-19(13-20)14-22(32(39)33-23)21(15-28(38)34-9-11-41-12-10-34)29-24(35)16-25(36)30-26(37)17-27(42-31(29)30)18-5-3-2-4-6-18/h2-8,13-14,16-17,21,35-36H,9-12,15H2,1H3,(H,33,39). The molecule has 3 heterocycles. The van der Waals surface area contributed by atoms with Gasteiger partial charge in [0, 0.05) is 65.2 Å². The average molecular weight is 569 g/mol. The molecule has 6 rings (SSSR count). The maximum atomic E-state index is 13.6. The van der Waals surface area contributed by atoms with Gasteiger partial charge in [0.15, 0.2) is 5.43 Å². The van der Waals surface area contributed by atoms with E-state index in [0.29, 0.717) is 48.5 Å². The Morgan fingerprint density at radius 1 is 1.00 bits per heavy atom. The molecule has 0 radical (unpaired) electrons. The Morgan fingerprint density at radius 2 is 1.76 bits per heavy atom. The summed E-state index contributed by atoms with van der Waals surface area (Å²) in [6.45, 7) is 1.53. The topological polar surface area (TPSA) is 142 Å². The summed E-state index contributed by atoms with van der Waals surface area (Å²) < 4.78 is 17.0. The first-order valence-electron chi connectivity index (χ1n) is 13.5. The van der Waals surface area contributed by atoms with Gasteiger partial charge in [-0.15, -0.1) is 0 Å². The van der Waals surface area contributed by atoms with Gasteiger partial charge in [-0.05, 0) is 24.3 Å². The van der Waals surface area contributed by atoms with Crippen LogP contribution < -0.4 is 15.7 Å². The molecule has 214 valence electrons. The smallest absolute Gasteiger partial charge is 0.252 e. The zero-order valence-corrected chi connectivity index (χ0v) is 22.8. The number of aromatic nitrogens is 1. The van der Waals surface area contributed by atoms with Crippen LogP contribution in [0.3, 0.4) is 0 Å². The first kappa shape index (κ1) is 27.1. The summed E-state index contributed by atoms with van der Waals surface area (Å²) >= 11 is 0. The summed E-state index contributed by atoms with van der Waals surface area (Å²) in [4.78, 5) is 45.0. The Labute approximate surface area is 239 Å². The van der Waals surface area contributed by atoms with Crippen LogP contribution in [0.5, 0.6) is 17.2 Å². The lowest BCUT2D eigenvalue weighted by atomic mass is 9.86. The maximum absolute atomic E-state index is 13.6. The predicted molar refractivity (Wildman–Crippen MR) is 156 cm³/mol. The number of morpholine rings is 1. The number of rotatable bonds is 6. The second kappa shape index (κ2) is 11.1. The number of nitrogens with zero attached hydrogens (tertiary/aromatic N) is 1. The molecule has 1 aliphatic heterocycles. The lowest BCUT2D eigenvalue weighted by Crippen LogP contribution is -2.41. The van der Waals surface area contributed by atoms with Crippen molar-refractivity contribution in [3.8, 4) is 28.6 Å². The van der Waals surface area contributed by atoms with Crippen molar-refractivity contribution in [3.05, 3.63) is 98.4 Å². The minimum absolute atomic E-state index is 0.0482. The molecule has 1 unspecified atom stereocenters. The van der Waals surface area contributed by atoms with Crippen molar-refractivity contribution in [1.82, 2.24) is 9.88 Å². The third kappa shape index (κ3) is 4.97. The number of carbonyl (C=O) groups excluding carboxylic acids is 1. The molecular weight excluding hydrogens is 540 g/mol.